The minimum absolute atomic E-state index is 0.0644. The van der Waals surface area contributed by atoms with Crippen LogP contribution in [0.3, 0.4) is 0 Å². The van der Waals surface area contributed by atoms with Crippen molar-refractivity contribution in [1.29, 1.82) is 0 Å². The van der Waals surface area contributed by atoms with E-state index in [2.05, 4.69) is 6.92 Å². The van der Waals surface area contributed by atoms with E-state index in [1.807, 2.05) is 13.8 Å². The van der Waals surface area contributed by atoms with Crippen molar-refractivity contribution >= 4 is 5.97 Å². The number of aliphatic carboxylic acids is 1. The fourth-order valence-corrected chi connectivity index (χ4v) is 3.36. The first-order valence-electron chi connectivity index (χ1n) is 10.1. The molecule has 0 bridgehead atoms. The van der Waals surface area contributed by atoms with Gasteiger partial charge >= 0.3 is 0 Å². The van der Waals surface area contributed by atoms with Gasteiger partial charge in [0.1, 0.15) is 0 Å². The zero-order valence-electron chi connectivity index (χ0n) is 16.6. The highest BCUT2D eigenvalue weighted by Gasteiger charge is 2.24. The van der Waals surface area contributed by atoms with Crippen LogP contribution in [0.2, 0.25) is 0 Å². The van der Waals surface area contributed by atoms with Gasteiger partial charge in [-0.15, -0.1) is 0 Å². The maximum atomic E-state index is 10.4. The van der Waals surface area contributed by atoms with Crippen molar-refractivity contribution in [1.82, 2.24) is 0 Å². The van der Waals surface area contributed by atoms with Crippen molar-refractivity contribution in [2.24, 2.45) is 11.8 Å². The van der Waals surface area contributed by atoms with Crippen LogP contribution in [-0.4, -0.2) is 50.8 Å². The third kappa shape index (κ3) is 12.6. The van der Waals surface area contributed by atoms with Crippen LogP contribution >= 0.6 is 0 Å². The Morgan fingerprint density at radius 3 is 2.00 bits per heavy atom. The molecule has 4 N–H and O–H groups in total. The van der Waals surface area contributed by atoms with Gasteiger partial charge in [-0.3, -0.25) is 0 Å². The van der Waals surface area contributed by atoms with E-state index in [0.717, 1.165) is 19.3 Å². The molecule has 0 spiro atoms. The molecule has 26 heavy (non-hydrogen) atoms. The molecule has 0 fully saturated rings. The molecular weight excluding hydrogens is 336 g/mol. The minimum atomic E-state index is -1.25. The van der Waals surface area contributed by atoms with Crippen molar-refractivity contribution in [3.8, 4) is 0 Å². The van der Waals surface area contributed by atoms with Crippen molar-refractivity contribution < 1.29 is 30.3 Å². The zero-order valence-corrected chi connectivity index (χ0v) is 16.6. The molecule has 0 aliphatic carbocycles. The molecule has 0 radical (unpaired) electrons. The number of unbranched alkanes of at least 4 members (excludes halogenated alkanes) is 2. The number of carbonyl (C=O) groups excluding carboxylic acids is 1. The SMILES string of the molecule is CCCCC(C)C(O)C(O)CC(C)CC(O)CCCCC(O)CC(=O)[O-]. The molecule has 0 aromatic carbocycles. The molecule has 6 atom stereocenters. The second-order valence-electron chi connectivity index (χ2n) is 7.92. The Morgan fingerprint density at radius 1 is 0.885 bits per heavy atom. The van der Waals surface area contributed by atoms with Gasteiger partial charge in [0.05, 0.1) is 24.4 Å². The van der Waals surface area contributed by atoms with Gasteiger partial charge in [-0.1, -0.05) is 46.5 Å². The third-order valence-electron chi connectivity index (χ3n) is 5.04. The van der Waals surface area contributed by atoms with E-state index in [1.165, 1.54) is 0 Å². The fraction of sp³-hybridized carbons (Fsp3) is 0.950. The molecule has 0 aromatic rings. The quantitative estimate of drug-likeness (QED) is 0.302. The average Bonchev–Trinajstić information content (AvgIpc) is 2.54. The average molecular weight is 376 g/mol. The lowest BCUT2D eigenvalue weighted by molar-refractivity contribution is -0.307. The molecule has 0 aliphatic rings. The number of carboxylic acid groups (broad SMARTS) is 1. The lowest BCUT2D eigenvalue weighted by atomic mass is 9.88. The number of hydrogen-bond donors (Lipinski definition) is 4. The number of hydrogen-bond acceptors (Lipinski definition) is 6. The van der Waals surface area contributed by atoms with Crippen molar-refractivity contribution in [2.75, 3.05) is 0 Å². The van der Waals surface area contributed by atoms with Crippen LogP contribution in [0.1, 0.15) is 85.0 Å². The van der Waals surface area contributed by atoms with Crippen LogP contribution in [0.15, 0.2) is 0 Å². The topological polar surface area (TPSA) is 121 Å². The molecule has 0 heterocycles. The van der Waals surface area contributed by atoms with E-state index >= 15 is 0 Å². The van der Waals surface area contributed by atoms with Crippen molar-refractivity contribution in [3.63, 3.8) is 0 Å². The fourth-order valence-electron chi connectivity index (χ4n) is 3.36. The van der Waals surface area contributed by atoms with Gasteiger partial charge in [0.25, 0.3) is 0 Å². The lowest BCUT2D eigenvalue weighted by Gasteiger charge is -2.26. The van der Waals surface area contributed by atoms with E-state index in [1.54, 1.807) is 0 Å². The Morgan fingerprint density at radius 2 is 1.46 bits per heavy atom. The first kappa shape index (κ1) is 25.3. The van der Waals surface area contributed by atoms with Gasteiger partial charge < -0.3 is 30.3 Å². The van der Waals surface area contributed by atoms with Crippen LogP contribution < -0.4 is 5.11 Å². The van der Waals surface area contributed by atoms with Crippen molar-refractivity contribution in [2.45, 2.75) is 109 Å². The lowest BCUT2D eigenvalue weighted by Crippen LogP contribution is -2.34. The smallest absolute Gasteiger partial charge is 0.0824 e. The highest BCUT2D eigenvalue weighted by atomic mass is 16.4. The molecule has 156 valence electrons. The van der Waals surface area contributed by atoms with Gasteiger partial charge in [0.15, 0.2) is 0 Å². The predicted octanol–water partition coefficient (Wildman–Crippen LogP) is 1.37. The maximum absolute atomic E-state index is 10.4. The molecular formula is C20H39O6-. The Bertz CT molecular complexity index is 362. The number of carbonyl (C=O) groups is 1. The molecule has 0 amide bonds. The largest absolute Gasteiger partial charge is 0.550 e. The van der Waals surface area contributed by atoms with Crippen LogP contribution in [-0.2, 0) is 4.79 Å². The van der Waals surface area contributed by atoms with Gasteiger partial charge in [-0.2, -0.15) is 0 Å². The van der Waals surface area contributed by atoms with E-state index < -0.39 is 30.4 Å². The van der Waals surface area contributed by atoms with E-state index in [0.29, 0.717) is 38.5 Å². The summed E-state index contributed by atoms with van der Waals surface area (Å²) in [4.78, 5) is 10.4. The van der Waals surface area contributed by atoms with Gasteiger partial charge in [0, 0.05) is 12.4 Å². The summed E-state index contributed by atoms with van der Waals surface area (Å²) in [6, 6.07) is 0. The minimum Gasteiger partial charge on any atom is -0.550 e. The summed E-state index contributed by atoms with van der Waals surface area (Å²) >= 11 is 0. The first-order chi connectivity index (χ1) is 12.2. The summed E-state index contributed by atoms with van der Waals surface area (Å²) in [6.45, 7) is 6.01. The first-order valence-corrected chi connectivity index (χ1v) is 10.1. The van der Waals surface area contributed by atoms with E-state index in [-0.39, 0.29) is 18.3 Å². The summed E-state index contributed by atoms with van der Waals surface area (Å²) in [5.74, 6) is -1.10. The monoisotopic (exact) mass is 375 g/mol. The number of carboxylic acids is 1. The second-order valence-corrected chi connectivity index (χ2v) is 7.92. The van der Waals surface area contributed by atoms with Gasteiger partial charge in [-0.05, 0) is 43.9 Å². The van der Waals surface area contributed by atoms with Crippen LogP contribution in [0.5, 0.6) is 0 Å². The zero-order chi connectivity index (χ0) is 20.1. The summed E-state index contributed by atoms with van der Waals surface area (Å²) in [5, 5.41) is 50.3. The number of aliphatic hydroxyl groups excluding tert-OH is 4. The Balaban J connectivity index is 3.96. The summed E-state index contributed by atoms with van der Waals surface area (Å²) < 4.78 is 0. The maximum Gasteiger partial charge on any atom is 0.0824 e. The standard InChI is InChI=1S/C20H40O6/c1-4-5-8-15(3)20(26)18(23)12-14(2)11-16(21)9-6-7-10-17(22)13-19(24)25/h14-18,20-23,26H,4-13H2,1-3H3,(H,24,25)/p-1. The summed E-state index contributed by atoms with van der Waals surface area (Å²) in [6.07, 6.45) is 3.09. The highest BCUT2D eigenvalue weighted by Crippen LogP contribution is 2.22. The molecule has 0 rings (SSSR count). The molecule has 0 saturated carbocycles. The Kier molecular flexibility index (Phi) is 14.0. The molecule has 0 saturated heterocycles. The highest BCUT2D eigenvalue weighted by molar-refractivity contribution is 5.64. The van der Waals surface area contributed by atoms with Crippen LogP contribution in [0, 0.1) is 11.8 Å². The molecule has 6 nitrogen and oxygen atoms in total. The van der Waals surface area contributed by atoms with E-state index in [9.17, 15) is 30.3 Å². The normalized spacial score (nSPS) is 18.7. The Labute approximate surface area is 158 Å². The summed E-state index contributed by atoms with van der Waals surface area (Å²) in [7, 11) is 0. The molecule has 6 unspecified atom stereocenters. The summed E-state index contributed by atoms with van der Waals surface area (Å²) in [5.41, 5.74) is 0. The van der Waals surface area contributed by atoms with Crippen LogP contribution in [0.25, 0.3) is 0 Å². The van der Waals surface area contributed by atoms with Crippen LogP contribution in [0.4, 0.5) is 0 Å². The van der Waals surface area contributed by atoms with Gasteiger partial charge in [-0.25, -0.2) is 0 Å². The van der Waals surface area contributed by atoms with Gasteiger partial charge in [0.2, 0.25) is 0 Å². The van der Waals surface area contributed by atoms with Crippen molar-refractivity contribution in [3.05, 3.63) is 0 Å². The molecule has 0 aromatic heterocycles. The third-order valence-corrected chi connectivity index (χ3v) is 5.04. The Hall–Kier alpha value is -0.690. The second kappa shape index (κ2) is 14.4. The number of rotatable bonds is 16. The molecule has 0 aliphatic heterocycles. The predicted molar refractivity (Wildman–Crippen MR) is 99.2 cm³/mol. The number of aliphatic hydroxyl groups is 4. The van der Waals surface area contributed by atoms with E-state index in [4.69, 9.17) is 0 Å². The molecule has 6 heteroatoms.